The molecular formula is C36H38IrNO3-. The van der Waals surface area contributed by atoms with Crippen LogP contribution >= 0.6 is 0 Å². The summed E-state index contributed by atoms with van der Waals surface area (Å²) in [5, 5.41) is 11.5. The molecule has 5 rings (SSSR count). The summed E-state index contributed by atoms with van der Waals surface area (Å²) in [5.41, 5.74) is 8.34. The Balaban J connectivity index is 0.000000284. The van der Waals surface area contributed by atoms with Crippen molar-refractivity contribution in [3.63, 3.8) is 0 Å². The third-order valence-electron chi connectivity index (χ3n) is 6.77. The van der Waals surface area contributed by atoms with E-state index in [2.05, 4.69) is 43.3 Å². The molecule has 1 aliphatic carbocycles. The SMILES string of the molecule is CC(C)CC(=O)/C=C(\O)CC(C)C.Cc1[c-]c(-c2nc3c(c4ccccc24)-c2ccc(C)cc2C3=O)cc(C)c1.[Ir]. The van der Waals surface area contributed by atoms with Crippen molar-refractivity contribution < 1.29 is 34.8 Å². The van der Waals surface area contributed by atoms with Gasteiger partial charge in [-0.3, -0.25) is 14.6 Å². The summed E-state index contributed by atoms with van der Waals surface area (Å²) in [4.78, 5) is 29.2. The van der Waals surface area contributed by atoms with Crippen LogP contribution in [0.3, 0.4) is 0 Å². The van der Waals surface area contributed by atoms with Crippen molar-refractivity contribution in [2.24, 2.45) is 11.8 Å². The Morgan fingerprint density at radius 3 is 2.15 bits per heavy atom. The van der Waals surface area contributed by atoms with Gasteiger partial charge in [-0.15, -0.1) is 34.9 Å². The van der Waals surface area contributed by atoms with Crippen LogP contribution < -0.4 is 0 Å². The van der Waals surface area contributed by atoms with Crippen molar-refractivity contribution >= 4 is 22.3 Å². The number of aryl methyl sites for hydroxylation is 3. The van der Waals surface area contributed by atoms with Gasteiger partial charge in [-0.1, -0.05) is 83.5 Å². The number of hydrogen-bond acceptors (Lipinski definition) is 4. The van der Waals surface area contributed by atoms with Crippen molar-refractivity contribution in [1.29, 1.82) is 0 Å². The number of allylic oxidation sites excluding steroid dienone is 2. The van der Waals surface area contributed by atoms with Crippen LogP contribution in [0.2, 0.25) is 0 Å². The zero-order valence-corrected chi connectivity index (χ0v) is 27.3. The van der Waals surface area contributed by atoms with Gasteiger partial charge in [0, 0.05) is 50.1 Å². The number of carbonyl (C=O) groups excluding carboxylic acids is 2. The molecule has 0 spiro atoms. The van der Waals surface area contributed by atoms with Crippen LogP contribution in [0.25, 0.3) is 33.2 Å². The van der Waals surface area contributed by atoms with Crippen molar-refractivity contribution in [2.75, 3.05) is 0 Å². The van der Waals surface area contributed by atoms with E-state index in [0.29, 0.717) is 30.4 Å². The van der Waals surface area contributed by atoms with Crippen molar-refractivity contribution in [3.05, 3.63) is 100 Å². The fourth-order valence-electron chi connectivity index (χ4n) is 5.24. The molecule has 0 unspecified atom stereocenters. The van der Waals surface area contributed by atoms with Crippen LogP contribution in [0.5, 0.6) is 0 Å². The molecule has 3 aromatic carbocycles. The molecule has 0 aliphatic heterocycles. The van der Waals surface area contributed by atoms with Gasteiger partial charge < -0.3 is 5.11 Å². The summed E-state index contributed by atoms with van der Waals surface area (Å²) in [7, 11) is 0. The molecular weight excluding hydrogens is 687 g/mol. The monoisotopic (exact) mass is 725 g/mol. The predicted molar refractivity (Wildman–Crippen MR) is 164 cm³/mol. The van der Waals surface area contributed by atoms with E-state index in [1.54, 1.807) is 0 Å². The number of aliphatic hydroxyl groups is 1. The Hall–Kier alpha value is -3.40. The maximum absolute atomic E-state index is 13.1. The van der Waals surface area contributed by atoms with Gasteiger partial charge in [0.05, 0.1) is 5.76 Å². The minimum atomic E-state index is 0. The average Bonchev–Trinajstić information content (AvgIpc) is 3.13. The number of fused-ring (bicyclic) bond motifs is 5. The molecule has 1 radical (unpaired) electrons. The summed E-state index contributed by atoms with van der Waals surface area (Å²) in [5.74, 6) is 0.993. The first-order valence-electron chi connectivity index (χ1n) is 14.0. The Morgan fingerprint density at radius 1 is 0.854 bits per heavy atom. The second-order valence-electron chi connectivity index (χ2n) is 11.7. The second kappa shape index (κ2) is 13.5. The number of hydrogen-bond donors (Lipinski definition) is 1. The molecule has 1 aromatic heterocycles. The Bertz CT molecular complexity index is 1610. The van der Waals surface area contributed by atoms with Crippen LogP contribution in [0, 0.1) is 38.7 Å². The fraction of sp³-hybridized carbons (Fsp3) is 0.306. The van der Waals surface area contributed by atoms with E-state index in [0.717, 1.165) is 55.4 Å². The van der Waals surface area contributed by atoms with Crippen LogP contribution in [0.1, 0.15) is 73.3 Å². The smallest absolute Gasteiger partial charge is 0.211 e. The van der Waals surface area contributed by atoms with E-state index < -0.39 is 0 Å². The number of nitrogens with zero attached hydrogens (tertiary/aromatic N) is 1. The predicted octanol–water partition coefficient (Wildman–Crippen LogP) is 8.93. The number of pyridine rings is 1. The zero-order valence-electron chi connectivity index (χ0n) is 24.9. The van der Waals surface area contributed by atoms with E-state index >= 15 is 0 Å². The topological polar surface area (TPSA) is 67.3 Å². The van der Waals surface area contributed by atoms with Gasteiger partial charge in [0.25, 0.3) is 0 Å². The summed E-state index contributed by atoms with van der Waals surface area (Å²) >= 11 is 0. The Morgan fingerprint density at radius 2 is 1.51 bits per heavy atom. The molecule has 215 valence electrons. The largest absolute Gasteiger partial charge is 0.512 e. The number of ketones is 2. The number of aromatic nitrogens is 1. The van der Waals surface area contributed by atoms with Crippen molar-refractivity contribution in [3.8, 4) is 22.4 Å². The second-order valence-corrected chi connectivity index (χ2v) is 11.7. The molecule has 4 nitrogen and oxygen atoms in total. The van der Waals surface area contributed by atoms with Gasteiger partial charge >= 0.3 is 0 Å². The van der Waals surface area contributed by atoms with Gasteiger partial charge in [0.15, 0.2) is 5.78 Å². The molecule has 0 fully saturated rings. The van der Waals surface area contributed by atoms with Gasteiger partial charge in [0.2, 0.25) is 5.78 Å². The summed E-state index contributed by atoms with van der Waals surface area (Å²) < 4.78 is 0. The molecule has 4 aromatic rings. The minimum absolute atomic E-state index is 0. The van der Waals surface area contributed by atoms with Crippen molar-refractivity contribution in [2.45, 2.75) is 61.3 Å². The van der Waals surface area contributed by atoms with E-state index in [1.165, 1.54) is 6.08 Å². The van der Waals surface area contributed by atoms with E-state index in [-0.39, 0.29) is 37.4 Å². The molecule has 0 saturated carbocycles. The number of aliphatic hydroxyl groups excluding tert-OH is 1. The molecule has 0 bridgehead atoms. The fourth-order valence-corrected chi connectivity index (χ4v) is 5.24. The third kappa shape index (κ3) is 7.47. The van der Waals surface area contributed by atoms with Crippen molar-refractivity contribution in [1.82, 2.24) is 4.98 Å². The maximum Gasteiger partial charge on any atom is 0.211 e. The molecule has 0 atom stereocenters. The van der Waals surface area contributed by atoms with Gasteiger partial charge in [-0.2, -0.15) is 0 Å². The van der Waals surface area contributed by atoms with Crippen LogP contribution in [0.15, 0.2) is 66.4 Å². The van der Waals surface area contributed by atoms with Crippen LogP contribution in [-0.4, -0.2) is 21.7 Å². The summed E-state index contributed by atoms with van der Waals surface area (Å²) in [6.45, 7) is 14.1. The normalized spacial score (nSPS) is 12.1. The summed E-state index contributed by atoms with van der Waals surface area (Å²) in [6.07, 6.45) is 2.46. The first kappa shape index (κ1) is 32.1. The third-order valence-corrected chi connectivity index (χ3v) is 6.77. The Kier molecular flexibility index (Phi) is 10.6. The minimum Gasteiger partial charge on any atom is -0.512 e. The molecule has 1 N–H and O–H groups in total. The summed E-state index contributed by atoms with van der Waals surface area (Å²) in [6, 6.07) is 21.9. The first-order valence-corrected chi connectivity index (χ1v) is 14.0. The van der Waals surface area contributed by atoms with E-state index in [9.17, 15) is 14.7 Å². The quantitative estimate of drug-likeness (QED) is 0.108. The van der Waals surface area contributed by atoms with E-state index in [1.807, 2.05) is 65.8 Å². The van der Waals surface area contributed by atoms with Gasteiger partial charge in [-0.05, 0) is 46.9 Å². The van der Waals surface area contributed by atoms with Crippen LogP contribution in [-0.2, 0) is 24.9 Å². The number of carbonyl (C=O) groups is 2. The molecule has 1 aliphatic rings. The van der Waals surface area contributed by atoms with Crippen LogP contribution in [0.4, 0.5) is 0 Å². The number of rotatable bonds is 6. The van der Waals surface area contributed by atoms with Gasteiger partial charge in [-0.25, -0.2) is 0 Å². The standard InChI is InChI=1S/C25H18NO.C11H20O2.Ir/c1-14-8-9-19-21(13-14)25(27)24-22(19)18-6-4-5-7-20(18)23(26-24)17-11-15(2)10-16(3)12-17;1-8(2)5-10(12)7-11(13)6-9(3)4;/h4-11,13H,1-3H3;7-9,12H,5-6H2,1-4H3;/q-1;;/b;10-7-;. The molecule has 1 heterocycles. The van der Waals surface area contributed by atoms with Gasteiger partial charge in [0.1, 0.15) is 5.69 Å². The maximum atomic E-state index is 13.1. The zero-order chi connectivity index (χ0) is 29.1. The first-order chi connectivity index (χ1) is 18.9. The van der Waals surface area contributed by atoms with E-state index in [4.69, 9.17) is 4.98 Å². The Labute approximate surface area is 257 Å². The molecule has 41 heavy (non-hydrogen) atoms. The molecule has 5 heteroatoms. The molecule has 0 saturated heterocycles. The molecule has 0 amide bonds. The number of benzene rings is 3. The average molecular weight is 725 g/mol.